The lowest BCUT2D eigenvalue weighted by Gasteiger charge is -2.29. The molecule has 41 heavy (non-hydrogen) atoms. The quantitative estimate of drug-likeness (QED) is 0.396. The number of aliphatic hydroxyl groups excluding tert-OH is 1. The number of ether oxygens (including phenoxy) is 3. The van der Waals surface area contributed by atoms with Crippen LogP contribution in [0.15, 0.2) is 24.3 Å². The van der Waals surface area contributed by atoms with Gasteiger partial charge < -0.3 is 30.0 Å². The van der Waals surface area contributed by atoms with Gasteiger partial charge in [-0.3, -0.25) is 14.5 Å². The van der Waals surface area contributed by atoms with Crippen molar-refractivity contribution in [2.75, 3.05) is 13.7 Å². The first-order chi connectivity index (χ1) is 19.4. The van der Waals surface area contributed by atoms with Crippen molar-refractivity contribution in [3.63, 3.8) is 0 Å². The Morgan fingerprint density at radius 2 is 1.93 bits per heavy atom. The van der Waals surface area contributed by atoms with E-state index in [2.05, 4.69) is 15.6 Å². The molecule has 1 aromatic carbocycles. The number of likely N-dealkylation sites (tertiary alicyclic amines) is 1. The topological polar surface area (TPSA) is 139 Å². The van der Waals surface area contributed by atoms with Crippen molar-refractivity contribution >= 4 is 28.7 Å². The molecule has 224 valence electrons. The van der Waals surface area contributed by atoms with E-state index in [4.69, 9.17) is 14.2 Å². The molecule has 3 amide bonds. The second kappa shape index (κ2) is 12.5. The van der Waals surface area contributed by atoms with Crippen LogP contribution in [0.1, 0.15) is 65.5 Å². The zero-order valence-corrected chi connectivity index (χ0v) is 24.7. The fraction of sp³-hybridized carbons (Fsp3) is 0.600. The SMILES string of the molecule is CCCC(NC(=O)C1CC(Oc2nc(C)cc3cc(OC)ccc23)CN1C(=O)OC(C)(C)C)[C@H](O)C(=O)NC1CC1. The minimum absolute atomic E-state index is 0.0814. The molecule has 1 aliphatic heterocycles. The Bertz CT molecular complexity index is 1270. The summed E-state index contributed by atoms with van der Waals surface area (Å²) < 4.78 is 17.3. The summed E-state index contributed by atoms with van der Waals surface area (Å²) in [7, 11) is 1.60. The van der Waals surface area contributed by atoms with Crippen molar-refractivity contribution in [3.8, 4) is 11.6 Å². The number of pyridine rings is 1. The molecule has 3 unspecified atom stereocenters. The standard InChI is InChI=1S/C30H42N4O7/c1-7-8-23(25(35)27(37)32-19-9-10-19)33-26(36)24-15-21(16-34(24)29(38)41-30(3,4)5)40-28-22-12-11-20(39-6)14-18(22)13-17(2)31-28/h11-14,19,21,23-25,35H,7-10,15-16H2,1-6H3,(H,32,37)(H,33,36)/t21?,23?,24?,25-/m0/s1. The van der Waals surface area contributed by atoms with Crippen molar-refractivity contribution in [2.24, 2.45) is 0 Å². The number of amides is 3. The maximum absolute atomic E-state index is 13.6. The Kier molecular flexibility index (Phi) is 9.26. The minimum atomic E-state index is -1.40. The molecule has 11 heteroatoms. The number of fused-ring (bicyclic) bond motifs is 1. The van der Waals surface area contributed by atoms with Crippen LogP contribution in [0.4, 0.5) is 4.79 Å². The van der Waals surface area contributed by atoms with Gasteiger partial charge in [-0.15, -0.1) is 0 Å². The van der Waals surface area contributed by atoms with E-state index in [0.717, 1.165) is 29.3 Å². The normalized spacial score (nSPS) is 20.3. The number of benzene rings is 1. The summed E-state index contributed by atoms with van der Waals surface area (Å²) in [6, 6.07) is 5.87. The number of aromatic nitrogens is 1. The van der Waals surface area contributed by atoms with Crippen molar-refractivity contribution in [1.82, 2.24) is 20.5 Å². The van der Waals surface area contributed by atoms with Crippen molar-refractivity contribution in [1.29, 1.82) is 0 Å². The van der Waals surface area contributed by atoms with E-state index in [-0.39, 0.29) is 19.0 Å². The summed E-state index contributed by atoms with van der Waals surface area (Å²) in [6.45, 7) is 9.14. The fourth-order valence-electron chi connectivity index (χ4n) is 4.96. The molecule has 11 nitrogen and oxygen atoms in total. The fourth-order valence-corrected chi connectivity index (χ4v) is 4.96. The average molecular weight is 571 g/mol. The Balaban J connectivity index is 1.55. The number of aliphatic hydroxyl groups is 1. The molecule has 0 spiro atoms. The van der Waals surface area contributed by atoms with Crippen LogP contribution in [0.3, 0.4) is 0 Å². The van der Waals surface area contributed by atoms with E-state index in [1.165, 1.54) is 4.90 Å². The molecule has 2 fully saturated rings. The van der Waals surface area contributed by atoms with E-state index >= 15 is 0 Å². The summed E-state index contributed by atoms with van der Waals surface area (Å²) in [6.07, 6.45) is 0.394. The first kappa shape index (κ1) is 30.4. The highest BCUT2D eigenvalue weighted by Gasteiger charge is 2.44. The summed E-state index contributed by atoms with van der Waals surface area (Å²) in [5.74, 6) is 0.119. The van der Waals surface area contributed by atoms with Gasteiger partial charge in [0.25, 0.3) is 5.91 Å². The van der Waals surface area contributed by atoms with Crippen LogP contribution >= 0.6 is 0 Å². The van der Waals surface area contributed by atoms with Crippen LogP contribution in [0, 0.1) is 6.92 Å². The van der Waals surface area contributed by atoms with E-state index in [0.29, 0.717) is 24.5 Å². The molecule has 1 saturated carbocycles. The molecule has 1 aromatic heterocycles. The third kappa shape index (κ3) is 7.78. The number of methoxy groups -OCH3 is 1. The molecule has 2 heterocycles. The Labute approximate surface area is 240 Å². The molecule has 0 radical (unpaired) electrons. The van der Waals surface area contributed by atoms with Gasteiger partial charge in [0, 0.05) is 23.5 Å². The van der Waals surface area contributed by atoms with Crippen LogP contribution in [-0.4, -0.2) is 82.5 Å². The number of nitrogens with zero attached hydrogens (tertiary/aromatic N) is 2. The first-order valence-corrected chi connectivity index (χ1v) is 14.3. The Morgan fingerprint density at radius 3 is 2.56 bits per heavy atom. The van der Waals surface area contributed by atoms with Gasteiger partial charge >= 0.3 is 6.09 Å². The van der Waals surface area contributed by atoms with Gasteiger partial charge in [0.1, 0.15) is 23.5 Å². The van der Waals surface area contributed by atoms with E-state index < -0.39 is 47.8 Å². The van der Waals surface area contributed by atoms with Crippen LogP contribution in [0.25, 0.3) is 10.8 Å². The van der Waals surface area contributed by atoms with Crippen LogP contribution in [-0.2, 0) is 14.3 Å². The highest BCUT2D eigenvalue weighted by Crippen LogP contribution is 2.31. The van der Waals surface area contributed by atoms with Crippen molar-refractivity contribution in [3.05, 3.63) is 30.0 Å². The highest BCUT2D eigenvalue weighted by molar-refractivity contribution is 5.89. The highest BCUT2D eigenvalue weighted by atomic mass is 16.6. The maximum Gasteiger partial charge on any atom is 0.411 e. The Hall–Kier alpha value is -3.60. The van der Waals surface area contributed by atoms with E-state index in [1.54, 1.807) is 27.9 Å². The summed E-state index contributed by atoms with van der Waals surface area (Å²) in [4.78, 5) is 45.3. The molecule has 1 aliphatic carbocycles. The van der Waals surface area contributed by atoms with Crippen molar-refractivity contribution in [2.45, 2.75) is 103 Å². The van der Waals surface area contributed by atoms with Gasteiger partial charge in [-0.25, -0.2) is 9.78 Å². The van der Waals surface area contributed by atoms with E-state index in [9.17, 15) is 19.5 Å². The predicted octanol–water partition coefficient (Wildman–Crippen LogP) is 3.23. The van der Waals surface area contributed by atoms with Gasteiger partial charge in [0.05, 0.1) is 19.7 Å². The number of aryl methyl sites for hydroxylation is 1. The molecular weight excluding hydrogens is 528 g/mol. The molecule has 2 aliphatic rings. The Morgan fingerprint density at radius 1 is 1.20 bits per heavy atom. The number of hydrogen-bond donors (Lipinski definition) is 3. The lowest BCUT2D eigenvalue weighted by Crippen LogP contribution is -2.55. The van der Waals surface area contributed by atoms with Gasteiger partial charge in [0.15, 0.2) is 6.10 Å². The second-order valence-corrected chi connectivity index (χ2v) is 11.9. The van der Waals surface area contributed by atoms with Gasteiger partial charge in [-0.1, -0.05) is 13.3 Å². The largest absolute Gasteiger partial charge is 0.497 e. The second-order valence-electron chi connectivity index (χ2n) is 11.9. The van der Waals surface area contributed by atoms with Crippen LogP contribution in [0.5, 0.6) is 11.6 Å². The number of nitrogens with one attached hydrogen (secondary N) is 2. The van der Waals surface area contributed by atoms with Gasteiger partial charge in [0.2, 0.25) is 11.8 Å². The van der Waals surface area contributed by atoms with Crippen molar-refractivity contribution < 1.29 is 33.7 Å². The third-order valence-corrected chi connectivity index (χ3v) is 7.10. The molecule has 4 rings (SSSR count). The lowest BCUT2D eigenvalue weighted by atomic mass is 10.0. The maximum atomic E-state index is 13.6. The molecular formula is C30H42N4O7. The average Bonchev–Trinajstić information content (AvgIpc) is 3.61. The van der Waals surface area contributed by atoms with Gasteiger partial charge in [-0.05, 0) is 76.6 Å². The predicted molar refractivity (Wildman–Crippen MR) is 153 cm³/mol. The smallest absolute Gasteiger partial charge is 0.411 e. The third-order valence-electron chi connectivity index (χ3n) is 7.10. The summed E-state index contributed by atoms with van der Waals surface area (Å²) in [5, 5.41) is 18.0. The zero-order chi connectivity index (χ0) is 29.9. The number of hydrogen-bond acceptors (Lipinski definition) is 8. The molecule has 0 bridgehead atoms. The number of rotatable bonds is 10. The monoisotopic (exact) mass is 570 g/mol. The van der Waals surface area contributed by atoms with Crippen LogP contribution in [0.2, 0.25) is 0 Å². The molecule has 2 aromatic rings. The molecule has 1 saturated heterocycles. The number of carbonyl (C=O) groups excluding carboxylic acids is 3. The first-order valence-electron chi connectivity index (χ1n) is 14.3. The zero-order valence-electron chi connectivity index (χ0n) is 24.7. The molecule has 3 N–H and O–H groups in total. The van der Waals surface area contributed by atoms with Gasteiger partial charge in [-0.2, -0.15) is 0 Å². The van der Waals surface area contributed by atoms with Crippen LogP contribution < -0.4 is 20.1 Å². The minimum Gasteiger partial charge on any atom is -0.497 e. The summed E-state index contributed by atoms with van der Waals surface area (Å²) >= 11 is 0. The lowest BCUT2D eigenvalue weighted by molar-refractivity contribution is -0.133. The van der Waals surface area contributed by atoms with E-state index in [1.807, 2.05) is 38.1 Å². The summed E-state index contributed by atoms with van der Waals surface area (Å²) in [5.41, 5.74) is -0.0235. The number of carbonyl (C=O) groups is 3. The molecule has 4 atom stereocenters.